The monoisotopic (exact) mass is 596 g/mol. The van der Waals surface area contributed by atoms with E-state index in [-0.39, 0.29) is 21.1 Å². The zero-order chi connectivity index (χ0) is 30.6. The second-order valence-electron chi connectivity index (χ2n) is 9.86. The van der Waals surface area contributed by atoms with Gasteiger partial charge in [-0.1, -0.05) is 55.7 Å². The normalized spacial score (nSPS) is 16.1. The van der Waals surface area contributed by atoms with Gasteiger partial charge in [0.05, 0.1) is 38.1 Å². The van der Waals surface area contributed by atoms with Gasteiger partial charge in [0, 0.05) is 5.56 Å². The standard InChI is InChI=1S/C31H33FN2O7S/c1-6-7-8-9-14-41-22-13-12-19(16-23(22)39-4)25-24(26(35)20-11-10-17(2)21(32)15-20)27(36)29(37)34(25)31-33-18(3)28(42-31)30(38)40-5/h10-13,15-16,25,35H,6-9,14H2,1-5H3/t25-/m1/s1. The number of carbonyl (C=O) groups excluding carboxylic acids is 3. The molecule has 2 aromatic carbocycles. The summed E-state index contributed by atoms with van der Waals surface area (Å²) in [4.78, 5) is 45.0. The van der Waals surface area contributed by atoms with Crippen LogP contribution in [-0.4, -0.2) is 48.6 Å². The van der Waals surface area contributed by atoms with Gasteiger partial charge in [0.1, 0.15) is 16.5 Å². The average Bonchev–Trinajstić information content (AvgIpc) is 3.49. The third-order valence-corrected chi connectivity index (χ3v) is 8.15. The molecule has 0 aliphatic carbocycles. The summed E-state index contributed by atoms with van der Waals surface area (Å²) in [6.07, 6.45) is 4.12. The lowest BCUT2D eigenvalue weighted by Crippen LogP contribution is -2.29. The molecule has 1 aliphatic rings. The highest BCUT2D eigenvalue weighted by atomic mass is 32.1. The average molecular weight is 597 g/mol. The molecule has 3 aromatic rings. The summed E-state index contributed by atoms with van der Waals surface area (Å²) in [5.74, 6) is -2.87. The van der Waals surface area contributed by atoms with Crippen molar-refractivity contribution in [2.45, 2.75) is 52.5 Å². The van der Waals surface area contributed by atoms with Gasteiger partial charge in [-0.25, -0.2) is 14.2 Å². The largest absolute Gasteiger partial charge is 0.507 e. The number of hydrogen-bond acceptors (Lipinski definition) is 9. The Balaban J connectivity index is 1.85. The molecule has 0 unspecified atom stereocenters. The smallest absolute Gasteiger partial charge is 0.350 e. The Hall–Kier alpha value is -4.25. The number of unbranched alkanes of at least 4 members (excludes halogenated alkanes) is 3. The van der Waals surface area contributed by atoms with Crippen molar-refractivity contribution in [2.24, 2.45) is 0 Å². The summed E-state index contributed by atoms with van der Waals surface area (Å²) in [6.45, 7) is 5.77. The molecular weight excluding hydrogens is 563 g/mol. The van der Waals surface area contributed by atoms with E-state index in [1.807, 2.05) is 0 Å². The van der Waals surface area contributed by atoms with E-state index in [1.165, 1.54) is 26.4 Å². The summed E-state index contributed by atoms with van der Waals surface area (Å²) in [7, 11) is 2.70. The summed E-state index contributed by atoms with van der Waals surface area (Å²) in [5.41, 5.74) is 0.849. The van der Waals surface area contributed by atoms with Crippen molar-refractivity contribution in [3.63, 3.8) is 0 Å². The number of amides is 1. The molecule has 1 aliphatic heterocycles. The third-order valence-electron chi connectivity index (χ3n) is 7.01. The zero-order valence-electron chi connectivity index (χ0n) is 24.2. The molecule has 0 radical (unpaired) electrons. The van der Waals surface area contributed by atoms with Gasteiger partial charge in [-0.05, 0) is 49.6 Å². The van der Waals surface area contributed by atoms with Gasteiger partial charge in [0.25, 0.3) is 5.78 Å². The zero-order valence-corrected chi connectivity index (χ0v) is 25.0. The van der Waals surface area contributed by atoms with Gasteiger partial charge in [-0.3, -0.25) is 14.5 Å². The van der Waals surface area contributed by atoms with E-state index in [0.717, 1.165) is 48.0 Å². The van der Waals surface area contributed by atoms with Crippen molar-refractivity contribution < 1.29 is 38.1 Å². The summed E-state index contributed by atoms with van der Waals surface area (Å²) < 4.78 is 30.8. The van der Waals surface area contributed by atoms with Crippen LogP contribution in [-0.2, 0) is 14.3 Å². The Morgan fingerprint density at radius 2 is 1.83 bits per heavy atom. The van der Waals surface area contributed by atoms with Crippen LogP contribution >= 0.6 is 11.3 Å². The minimum absolute atomic E-state index is 0.0330. The van der Waals surface area contributed by atoms with Crippen LogP contribution in [0, 0.1) is 19.7 Å². The van der Waals surface area contributed by atoms with Crippen LogP contribution in [0.1, 0.15) is 70.7 Å². The maximum absolute atomic E-state index is 14.5. The molecule has 11 heteroatoms. The van der Waals surface area contributed by atoms with Crippen LogP contribution in [0.4, 0.5) is 9.52 Å². The third kappa shape index (κ3) is 6.01. The van der Waals surface area contributed by atoms with Crippen LogP contribution in [0.25, 0.3) is 5.76 Å². The number of ether oxygens (including phenoxy) is 3. The number of methoxy groups -OCH3 is 2. The molecule has 4 rings (SSSR count). The molecule has 1 aromatic heterocycles. The number of nitrogens with zero attached hydrogens (tertiary/aromatic N) is 2. The van der Waals surface area contributed by atoms with E-state index in [9.17, 15) is 23.9 Å². The molecule has 2 heterocycles. The maximum atomic E-state index is 14.5. The van der Waals surface area contributed by atoms with Gasteiger partial charge in [0.15, 0.2) is 16.6 Å². The van der Waals surface area contributed by atoms with Gasteiger partial charge in [-0.15, -0.1) is 0 Å². The van der Waals surface area contributed by atoms with Gasteiger partial charge in [-0.2, -0.15) is 0 Å². The van der Waals surface area contributed by atoms with Gasteiger partial charge in [0.2, 0.25) is 0 Å². The van der Waals surface area contributed by atoms with Crippen molar-refractivity contribution in [2.75, 3.05) is 25.7 Å². The number of aromatic nitrogens is 1. The maximum Gasteiger partial charge on any atom is 0.350 e. The molecule has 1 N–H and O–H groups in total. The minimum Gasteiger partial charge on any atom is -0.507 e. The Labute approximate surface area is 247 Å². The Morgan fingerprint density at radius 3 is 2.50 bits per heavy atom. The highest BCUT2D eigenvalue weighted by molar-refractivity contribution is 7.17. The highest BCUT2D eigenvalue weighted by Gasteiger charge is 2.48. The lowest BCUT2D eigenvalue weighted by Gasteiger charge is -2.24. The van der Waals surface area contributed by atoms with Crippen LogP contribution in [0.3, 0.4) is 0 Å². The van der Waals surface area contributed by atoms with Crippen LogP contribution in [0.2, 0.25) is 0 Å². The Bertz CT molecular complexity index is 1550. The number of rotatable bonds is 11. The van der Waals surface area contributed by atoms with Crippen molar-refractivity contribution in [3.8, 4) is 11.5 Å². The predicted molar refractivity (Wildman–Crippen MR) is 157 cm³/mol. The number of Topliss-reactive ketones (excluding diaryl/α,β-unsaturated/α-hetero) is 1. The number of aryl methyl sites for hydroxylation is 2. The van der Waals surface area contributed by atoms with Crippen LogP contribution in [0.5, 0.6) is 11.5 Å². The number of anilines is 1. The molecule has 222 valence electrons. The lowest BCUT2D eigenvalue weighted by atomic mass is 9.94. The fraction of sp³-hybridized carbons (Fsp3) is 0.355. The van der Waals surface area contributed by atoms with Crippen molar-refractivity contribution in [1.29, 1.82) is 0 Å². The Morgan fingerprint density at radius 1 is 1.07 bits per heavy atom. The number of aliphatic hydroxyl groups excluding tert-OH is 1. The number of benzene rings is 2. The van der Waals surface area contributed by atoms with E-state index < -0.39 is 35.3 Å². The van der Waals surface area contributed by atoms with Crippen molar-refractivity contribution >= 4 is 39.9 Å². The number of carbonyl (C=O) groups is 3. The minimum atomic E-state index is -1.17. The first-order chi connectivity index (χ1) is 20.1. The second kappa shape index (κ2) is 13.2. The topological polar surface area (TPSA) is 115 Å². The fourth-order valence-corrected chi connectivity index (χ4v) is 5.70. The molecule has 1 amide bonds. The van der Waals surface area contributed by atoms with Gasteiger partial charge >= 0.3 is 11.9 Å². The van der Waals surface area contributed by atoms with E-state index in [1.54, 1.807) is 32.0 Å². The molecule has 1 fully saturated rings. The number of halogens is 1. The molecule has 0 spiro atoms. The highest BCUT2D eigenvalue weighted by Crippen LogP contribution is 2.45. The first kappa shape index (κ1) is 30.7. The summed E-state index contributed by atoms with van der Waals surface area (Å²) in [5, 5.41) is 11.4. The molecule has 9 nitrogen and oxygen atoms in total. The van der Waals surface area contributed by atoms with E-state index in [0.29, 0.717) is 34.9 Å². The quantitative estimate of drug-likeness (QED) is 0.0904. The molecule has 0 bridgehead atoms. The first-order valence-corrected chi connectivity index (χ1v) is 14.4. The molecule has 1 saturated heterocycles. The summed E-state index contributed by atoms with van der Waals surface area (Å²) in [6, 6.07) is 7.84. The fourth-order valence-electron chi connectivity index (χ4n) is 4.69. The number of thiazole rings is 1. The van der Waals surface area contributed by atoms with Crippen molar-refractivity contribution in [3.05, 3.63) is 75.0 Å². The molecule has 0 saturated carbocycles. The first-order valence-electron chi connectivity index (χ1n) is 13.6. The SMILES string of the molecule is CCCCCCOc1ccc([C@@H]2C(=C(O)c3ccc(C)c(F)c3)C(=O)C(=O)N2c2nc(C)c(C(=O)OC)s2)cc1OC. The van der Waals surface area contributed by atoms with Gasteiger partial charge < -0.3 is 19.3 Å². The van der Waals surface area contributed by atoms with Crippen molar-refractivity contribution in [1.82, 2.24) is 4.98 Å². The van der Waals surface area contributed by atoms with Crippen LogP contribution < -0.4 is 14.4 Å². The lowest BCUT2D eigenvalue weighted by molar-refractivity contribution is -0.132. The van der Waals surface area contributed by atoms with Crippen LogP contribution in [0.15, 0.2) is 42.0 Å². The number of aliphatic hydroxyl groups is 1. The number of ketones is 1. The summed E-state index contributed by atoms with van der Waals surface area (Å²) >= 11 is 0.885. The Kier molecular flexibility index (Phi) is 9.62. The van der Waals surface area contributed by atoms with E-state index >= 15 is 0 Å². The van der Waals surface area contributed by atoms with E-state index in [4.69, 9.17) is 14.2 Å². The molecular formula is C31H33FN2O7S. The second-order valence-corrected chi connectivity index (χ2v) is 10.8. The molecule has 42 heavy (non-hydrogen) atoms. The number of esters is 1. The predicted octanol–water partition coefficient (Wildman–Crippen LogP) is 6.28. The number of hydrogen-bond donors (Lipinski definition) is 1. The van der Waals surface area contributed by atoms with E-state index in [2.05, 4.69) is 11.9 Å². The molecule has 1 atom stereocenters.